The van der Waals surface area contributed by atoms with Gasteiger partial charge in [0, 0.05) is 55.5 Å². The Balaban J connectivity index is 1.47. The fourth-order valence-electron chi connectivity index (χ4n) is 3.71. The number of hydrogen-bond donors (Lipinski definition) is 0. The fourth-order valence-corrected chi connectivity index (χ4v) is 3.71. The monoisotopic (exact) mass is 406 g/mol. The molecule has 0 saturated carbocycles. The Morgan fingerprint density at radius 3 is 2.40 bits per heavy atom. The molecule has 0 aliphatic carbocycles. The van der Waals surface area contributed by atoms with Crippen LogP contribution in [0.15, 0.2) is 48.5 Å². The number of rotatable bonds is 4. The van der Waals surface area contributed by atoms with Crippen LogP contribution in [0.25, 0.3) is 10.9 Å². The molecule has 8 nitrogen and oxygen atoms in total. The lowest BCUT2D eigenvalue weighted by atomic mass is 10.1. The van der Waals surface area contributed by atoms with Crippen LogP contribution in [0.4, 0.5) is 11.4 Å². The van der Waals surface area contributed by atoms with Crippen LogP contribution in [-0.2, 0) is 0 Å². The highest BCUT2D eigenvalue weighted by atomic mass is 16.6. The van der Waals surface area contributed by atoms with Crippen LogP contribution in [0.1, 0.15) is 16.1 Å². The molecule has 0 radical (unpaired) electrons. The van der Waals surface area contributed by atoms with Gasteiger partial charge in [0.1, 0.15) is 5.75 Å². The van der Waals surface area contributed by atoms with Crippen molar-refractivity contribution in [3.63, 3.8) is 0 Å². The number of ether oxygens (including phenoxy) is 1. The number of benzene rings is 2. The van der Waals surface area contributed by atoms with E-state index in [-0.39, 0.29) is 11.6 Å². The molecule has 0 bridgehead atoms. The number of methoxy groups -OCH3 is 1. The third-order valence-corrected chi connectivity index (χ3v) is 5.44. The SMILES string of the molecule is COc1ccc2cc(C(=O)N3CCN(c4ccc([N+](=O)[O-])cc4)CC3)c(C)nc2c1. The van der Waals surface area contributed by atoms with Gasteiger partial charge in [-0.05, 0) is 37.3 Å². The predicted octanol–water partition coefficient (Wildman–Crippen LogP) is 3.42. The van der Waals surface area contributed by atoms with Gasteiger partial charge >= 0.3 is 0 Å². The van der Waals surface area contributed by atoms with Gasteiger partial charge in [0.2, 0.25) is 0 Å². The van der Waals surface area contributed by atoms with Crippen molar-refractivity contribution in [2.24, 2.45) is 0 Å². The van der Waals surface area contributed by atoms with Gasteiger partial charge in [0.25, 0.3) is 11.6 Å². The maximum absolute atomic E-state index is 13.1. The van der Waals surface area contributed by atoms with E-state index in [1.54, 1.807) is 19.2 Å². The fraction of sp³-hybridized carbons (Fsp3) is 0.273. The lowest BCUT2D eigenvalue weighted by Crippen LogP contribution is -2.49. The van der Waals surface area contributed by atoms with Crippen LogP contribution in [0.3, 0.4) is 0 Å². The van der Waals surface area contributed by atoms with E-state index in [4.69, 9.17) is 4.74 Å². The number of carbonyl (C=O) groups is 1. The summed E-state index contributed by atoms with van der Waals surface area (Å²) in [6, 6.07) is 14.0. The minimum absolute atomic E-state index is 0.0268. The van der Waals surface area contributed by atoms with Gasteiger partial charge < -0.3 is 14.5 Å². The molecule has 8 heteroatoms. The van der Waals surface area contributed by atoms with Crippen LogP contribution in [0.5, 0.6) is 5.75 Å². The summed E-state index contributed by atoms with van der Waals surface area (Å²) < 4.78 is 5.25. The van der Waals surface area contributed by atoms with Crippen molar-refractivity contribution in [3.8, 4) is 5.75 Å². The molecule has 1 amide bonds. The molecule has 1 aromatic heterocycles. The molecule has 0 N–H and O–H groups in total. The molecule has 3 aromatic rings. The van der Waals surface area contributed by atoms with Gasteiger partial charge in [-0.1, -0.05) is 0 Å². The summed E-state index contributed by atoms with van der Waals surface area (Å²) >= 11 is 0. The number of aryl methyl sites for hydroxylation is 1. The van der Waals surface area contributed by atoms with E-state index in [1.165, 1.54) is 12.1 Å². The van der Waals surface area contributed by atoms with Crippen molar-refractivity contribution >= 4 is 28.2 Å². The number of amides is 1. The molecule has 2 heterocycles. The van der Waals surface area contributed by atoms with Crippen molar-refractivity contribution in [1.82, 2.24) is 9.88 Å². The minimum Gasteiger partial charge on any atom is -0.497 e. The number of non-ortho nitro benzene ring substituents is 1. The molecule has 0 unspecified atom stereocenters. The number of aromatic nitrogens is 1. The van der Waals surface area contributed by atoms with E-state index < -0.39 is 4.92 Å². The highest BCUT2D eigenvalue weighted by molar-refractivity contribution is 5.99. The number of fused-ring (bicyclic) bond motifs is 1. The van der Waals surface area contributed by atoms with E-state index in [0.717, 1.165) is 22.3 Å². The molecule has 0 atom stereocenters. The maximum Gasteiger partial charge on any atom is 0.269 e. The van der Waals surface area contributed by atoms with Crippen molar-refractivity contribution in [3.05, 3.63) is 69.9 Å². The van der Waals surface area contributed by atoms with Crippen LogP contribution >= 0.6 is 0 Å². The molecule has 0 spiro atoms. The molecular weight excluding hydrogens is 384 g/mol. The first kappa shape index (κ1) is 19.6. The highest BCUT2D eigenvalue weighted by Crippen LogP contribution is 2.24. The van der Waals surface area contributed by atoms with Gasteiger partial charge in [-0.25, -0.2) is 0 Å². The summed E-state index contributed by atoms with van der Waals surface area (Å²) in [5, 5.41) is 11.7. The first-order valence-electron chi connectivity index (χ1n) is 9.70. The number of anilines is 1. The predicted molar refractivity (Wildman–Crippen MR) is 114 cm³/mol. The molecule has 1 saturated heterocycles. The number of nitrogens with zero attached hydrogens (tertiary/aromatic N) is 4. The Morgan fingerprint density at radius 1 is 1.07 bits per heavy atom. The minimum atomic E-state index is -0.406. The quantitative estimate of drug-likeness (QED) is 0.487. The van der Waals surface area contributed by atoms with E-state index in [9.17, 15) is 14.9 Å². The van der Waals surface area contributed by atoms with E-state index in [2.05, 4.69) is 9.88 Å². The number of pyridine rings is 1. The zero-order chi connectivity index (χ0) is 21.3. The molecule has 30 heavy (non-hydrogen) atoms. The third-order valence-electron chi connectivity index (χ3n) is 5.44. The van der Waals surface area contributed by atoms with Gasteiger partial charge in [-0.15, -0.1) is 0 Å². The summed E-state index contributed by atoms with van der Waals surface area (Å²) in [5.74, 6) is 0.705. The molecule has 154 valence electrons. The Hall–Kier alpha value is -3.68. The van der Waals surface area contributed by atoms with Gasteiger partial charge in [0.05, 0.1) is 28.8 Å². The lowest BCUT2D eigenvalue weighted by molar-refractivity contribution is -0.384. The zero-order valence-electron chi connectivity index (χ0n) is 16.9. The zero-order valence-corrected chi connectivity index (χ0v) is 16.9. The molecule has 2 aromatic carbocycles. The number of carbonyl (C=O) groups excluding carboxylic acids is 1. The highest BCUT2D eigenvalue weighted by Gasteiger charge is 2.24. The van der Waals surface area contributed by atoms with Crippen molar-refractivity contribution in [2.45, 2.75) is 6.92 Å². The van der Waals surface area contributed by atoms with E-state index >= 15 is 0 Å². The first-order chi connectivity index (χ1) is 14.5. The van der Waals surface area contributed by atoms with Gasteiger partial charge in [0.15, 0.2) is 0 Å². The maximum atomic E-state index is 13.1. The van der Waals surface area contributed by atoms with Gasteiger partial charge in [-0.3, -0.25) is 19.9 Å². The normalized spacial score (nSPS) is 14.1. The summed E-state index contributed by atoms with van der Waals surface area (Å²) in [6.07, 6.45) is 0. The topological polar surface area (TPSA) is 88.8 Å². The third kappa shape index (κ3) is 3.76. The molecule has 1 fully saturated rings. The summed E-state index contributed by atoms with van der Waals surface area (Å²) in [7, 11) is 1.61. The Bertz CT molecular complexity index is 1110. The lowest BCUT2D eigenvalue weighted by Gasteiger charge is -2.36. The summed E-state index contributed by atoms with van der Waals surface area (Å²) in [5.41, 5.74) is 3.09. The van der Waals surface area contributed by atoms with Crippen LogP contribution in [0.2, 0.25) is 0 Å². The average Bonchev–Trinajstić information content (AvgIpc) is 2.78. The van der Waals surface area contributed by atoms with Gasteiger partial charge in [-0.2, -0.15) is 0 Å². The van der Waals surface area contributed by atoms with Crippen LogP contribution in [0, 0.1) is 17.0 Å². The second-order valence-corrected chi connectivity index (χ2v) is 7.23. The Kier molecular flexibility index (Phi) is 5.22. The molecule has 1 aliphatic rings. The number of nitro groups is 1. The smallest absolute Gasteiger partial charge is 0.269 e. The molecular formula is C22H22N4O4. The van der Waals surface area contributed by atoms with Crippen molar-refractivity contribution < 1.29 is 14.5 Å². The average molecular weight is 406 g/mol. The van der Waals surface area contributed by atoms with Crippen molar-refractivity contribution in [1.29, 1.82) is 0 Å². The van der Waals surface area contributed by atoms with Crippen LogP contribution < -0.4 is 9.64 Å². The van der Waals surface area contributed by atoms with E-state index in [0.29, 0.717) is 37.4 Å². The largest absolute Gasteiger partial charge is 0.497 e. The second-order valence-electron chi connectivity index (χ2n) is 7.23. The molecule has 4 rings (SSSR count). The number of hydrogen-bond acceptors (Lipinski definition) is 6. The second kappa shape index (κ2) is 7.98. The summed E-state index contributed by atoms with van der Waals surface area (Å²) in [6.45, 7) is 4.34. The molecule has 1 aliphatic heterocycles. The number of piperazine rings is 1. The standard InChI is InChI=1S/C22H22N4O4/c1-15-20(13-16-3-8-19(30-2)14-21(16)23-15)22(27)25-11-9-24(10-12-25)17-4-6-18(7-5-17)26(28)29/h3-8,13-14H,9-12H2,1-2H3. The number of nitro benzene ring substituents is 1. The Labute approximate surface area is 173 Å². The first-order valence-corrected chi connectivity index (χ1v) is 9.70. The summed E-state index contributed by atoms with van der Waals surface area (Å²) in [4.78, 5) is 32.1. The van der Waals surface area contributed by atoms with E-state index in [1.807, 2.05) is 36.1 Å². The Morgan fingerprint density at radius 2 is 1.77 bits per heavy atom. The van der Waals surface area contributed by atoms with Crippen LogP contribution in [-0.4, -0.2) is 54.0 Å². The van der Waals surface area contributed by atoms with Crippen molar-refractivity contribution in [2.75, 3.05) is 38.2 Å².